The number of benzene rings is 6. The second-order valence-electron chi connectivity index (χ2n) is 14.6. The van der Waals surface area contributed by atoms with Gasteiger partial charge in [0.2, 0.25) is 0 Å². The van der Waals surface area contributed by atoms with Gasteiger partial charge in [-0.3, -0.25) is 19.2 Å². The SMILES string of the molecule is CCOc1ccc2c(c1)c(C(=O)C(=O)Nc1ccc(Cl)cc1)c(Cl)n2Cc1ccc(Cl)cc1Cl.COc1ccc2c(c1)c(C(=O)C(=O)Nc1ccc(Cl)cc1)c(Cl)n2Cc1ccc(Cl)cc1Cl. The predicted octanol–water partition coefficient (Wildman–Crippen LogP) is 14.7. The molecular weight excluding hydrogens is 1020 g/mol. The largest absolute Gasteiger partial charge is 0.497 e. The number of nitrogens with one attached hydrogen (secondary N) is 2. The van der Waals surface area contributed by atoms with Crippen molar-refractivity contribution in [1.29, 1.82) is 0 Å². The van der Waals surface area contributed by atoms with Gasteiger partial charge in [0.25, 0.3) is 23.4 Å². The summed E-state index contributed by atoms with van der Waals surface area (Å²) in [5.41, 5.74) is 3.82. The highest BCUT2D eigenvalue weighted by atomic mass is 35.5. The quantitative estimate of drug-likeness (QED) is 0.0876. The molecule has 2 heterocycles. The summed E-state index contributed by atoms with van der Waals surface area (Å²) in [4.78, 5) is 52.1. The highest BCUT2D eigenvalue weighted by Gasteiger charge is 2.29. The Kier molecular flexibility index (Phi) is 16.0. The number of hydrogen-bond donors (Lipinski definition) is 2. The summed E-state index contributed by atoms with van der Waals surface area (Å²) in [6, 6.07) is 33.6. The van der Waals surface area contributed by atoms with Crippen molar-refractivity contribution < 1.29 is 28.7 Å². The number of Topliss-reactive ketones (excluding diaryl/α,β-unsaturated/α-hetero) is 2. The van der Waals surface area contributed by atoms with Gasteiger partial charge in [-0.1, -0.05) is 105 Å². The number of halogens is 8. The van der Waals surface area contributed by atoms with E-state index in [0.29, 0.717) is 81.4 Å². The molecule has 0 saturated carbocycles. The highest BCUT2D eigenvalue weighted by Crippen LogP contribution is 2.37. The first-order valence-corrected chi connectivity index (χ1v) is 23.0. The number of aromatic nitrogens is 2. The van der Waals surface area contributed by atoms with Gasteiger partial charge >= 0.3 is 0 Å². The van der Waals surface area contributed by atoms with Crippen molar-refractivity contribution in [3.8, 4) is 11.5 Å². The van der Waals surface area contributed by atoms with Crippen LogP contribution in [-0.4, -0.2) is 46.2 Å². The van der Waals surface area contributed by atoms with Crippen LogP contribution in [-0.2, 0) is 22.7 Å². The summed E-state index contributed by atoms with van der Waals surface area (Å²) < 4.78 is 14.4. The van der Waals surface area contributed by atoms with E-state index in [1.165, 1.54) is 7.11 Å². The number of fused-ring (bicyclic) bond motifs is 2. The lowest BCUT2D eigenvalue weighted by Crippen LogP contribution is -2.23. The van der Waals surface area contributed by atoms with Crippen molar-refractivity contribution in [3.05, 3.63) is 184 Å². The lowest BCUT2D eigenvalue weighted by atomic mass is 10.1. The minimum Gasteiger partial charge on any atom is -0.497 e. The molecule has 0 atom stereocenters. The van der Waals surface area contributed by atoms with Gasteiger partial charge in [0, 0.05) is 52.3 Å². The Morgan fingerprint density at radius 3 is 1.27 bits per heavy atom. The molecule has 342 valence electrons. The van der Waals surface area contributed by atoms with E-state index < -0.39 is 23.4 Å². The minimum absolute atomic E-state index is 0.0714. The van der Waals surface area contributed by atoms with Crippen LogP contribution in [0.15, 0.2) is 121 Å². The minimum atomic E-state index is -0.828. The fraction of sp³-hybridized carbons (Fsp3) is 0.102. The van der Waals surface area contributed by atoms with Crippen LogP contribution in [0.1, 0.15) is 38.8 Å². The Hall–Kier alpha value is -5.40. The molecule has 0 aliphatic rings. The van der Waals surface area contributed by atoms with Gasteiger partial charge in [0.05, 0.1) is 49.0 Å². The van der Waals surface area contributed by atoms with Crippen LogP contribution in [0, 0.1) is 0 Å². The van der Waals surface area contributed by atoms with E-state index in [0.717, 1.165) is 11.1 Å². The third-order valence-electron chi connectivity index (χ3n) is 10.2. The average molecular weight is 1060 g/mol. The van der Waals surface area contributed by atoms with Crippen molar-refractivity contribution in [2.75, 3.05) is 24.4 Å². The van der Waals surface area contributed by atoms with Crippen molar-refractivity contribution >= 4 is 149 Å². The van der Waals surface area contributed by atoms with Crippen molar-refractivity contribution in [2.24, 2.45) is 0 Å². The Morgan fingerprint density at radius 2 is 0.881 bits per heavy atom. The molecule has 0 aliphatic carbocycles. The Labute approximate surface area is 424 Å². The molecule has 2 aromatic heterocycles. The number of hydrogen-bond acceptors (Lipinski definition) is 6. The van der Waals surface area contributed by atoms with Crippen LogP contribution in [0.3, 0.4) is 0 Å². The lowest BCUT2D eigenvalue weighted by molar-refractivity contribution is -0.113. The Bertz CT molecular complexity index is 3210. The fourth-order valence-corrected chi connectivity index (χ4v) is 8.90. The molecule has 2 amide bonds. The number of rotatable bonds is 13. The first kappa shape index (κ1) is 49.5. The van der Waals surface area contributed by atoms with Crippen LogP contribution >= 0.6 is 92.8 Å². The molecule has 6 aromatic carbocycles. The zero-order chi connectivity index (χ0) is 48.1. The molecule has 8 rings (SSSR count). The van der Waals surface area contributed by atoms with E-state index in [4.69, 9.17) is 102 Å². The predicted molar refractivity (Wildman–Crippen MR) is 272 cm³/mol. The van der Waals surface area contributed by atoms with Crippen molar-refractivity contribution in [2.45, 2.75) is 20.0 Å². The first-order valence-electron chi connectivity index (χ1n) is 20.0. The standard InChI is InChI=1S/C25H18Cl4N2O3.C24H16Cl4N2O3/c1-2-34-18-9-10-21-19(12-18)22(23(32)25(33)30-17-7-5-15(26)6-8-17)24(29)31(21)13-14-3-4-16(27)11-20(14)28;1-33-17-8-9-20-18(11-17)21(22(31)24(32)29-16-6-4-14(25)5-7-16)23(28)30(20)12-13-2-3-15(26)10-19(13)27/h3-12H,2,13H2,1H3,(H,30,33);2-11H,12H2,1H3,(H,29,32). The maximum absolute atomic E-state index is 13.3. The van der Waals surface area contributed by atoms with Gasteiger partial charge in [0.1, 0.15) is 21.8 Å². The molecule has 0 bridgehead atoms. The van der Waals surface area contributed by atoms with E-state index in [1.54, 1.807) is 130 Å². The third kappa shape index (κ3) is 11.3. The number of methoxy groups -OCH3 is 1. The molecule has 0 saturated heterocycles. The molecule has 0 spiro atoms. The number of amides is 2. The summed E-state index contributed by atoms with van der Waals surface area (Å²) in [5.74, 6) is -2.14. The maximum atomic E-state index is 13.3. The molecular formula is C49H34Cl8N4O6. The van der Waals surface area contributed by atoms with E-state index in [1.807, 2.05) is 6.92 Å². The maximum Gasteiger partial charge on any atom is 0.296 e. The van der Waals surface area contributed by atoms with Crippen LogP contribution < -0.4 is 20.1 Å². The second kappa shape index (κ2) is 21.7. The Morgan fingerprint density at radius 1 is 0.493 bits per heavy atom. The number of ether oxygens (including phenoxy) is 2. The topological polar surface area (TPSA) is 121 Å². The summed E-state index contributed by atoms with van der Waals surface area (Å²) in [5, 5.41) is 9.35. The van der Waals surface area contributed by atoms with Crippen molar-refractivity contribution in [1.82, 2.24) is 9.13 Å². The number of anilines is 2. The number of nitrogens with zero attached hydrogens (tertiary/aromatic N) is 2. The van der Waals surface area contributed by atoms with Gasteiger partial charge < -0.3 is 29.2 Å². The van der Waals surface area contributed by atoms with Crippen LogP contribution in [0.5, 0.6) is 11.5 Å². The zero-order valence-electron chi connectivity index (χ0n) is 35.0. The highest BCUT2D eigenvalue weighted by molar-refractivity contribution is 6.53. The zero-order valence-corrected chi connectivity index (χ0v) is 41.1. The smallest absolute Gasteiger partial charge is 0.296 e. The van der Waals surface area contributed by atoms with Crippen molar-refractivity contribution in [3.63, 3.8) is 0 Å². The number of carbonyl (C=O) groups excluding carboxylic acids is 4. The summed E-state index contributed by atoms with van der Waals surface area (Å²) in [6.07, 6.45) is 0. The van der Waals surface area contributed by atoms with Gasteiger partial charge in [0.15, 0.2) is 0 Å². The van der Waals surface area contributed by atoms with E-state index in [2.05, 4.69) is 10.6 Å². The van der Waals surface area contributed by atoms with Crippen LogP contribution in [0.4, 0.5) is 11.4 Å². The fourth-order valence-electron chi connectivity index (χ4n) is 7.04. The van der Waals surface area contributed by atoms with E-state index >= 15 is 0 Å². The normalized spacial score (nSPS) is 11.0. The summed E-state index contributed by atoms with van der Waals surface area (Å²) >= 11 is 49.9. The molecule has 2 N–H and O–H groups in total. The molecule has 18 heteroatoms. The van der Waals surface area contributed by atoms with E-state index in [-0.39, 0.29) is 34.5 Å². The van der Waals surface area contributed by atoms with Gasteiger partial charge in [-0.2, -0.15) is 0 Å². The molecule has 8 aromatic rings. The molecule has 0 unspecified atom stereocenters. The average Bonchev–Trinajstić information content (AvgIpc) is 3.73. The molecule has 0 aliphatic heterocycles. The lowest BCUT2D eigenvalue weighted by Gasteiger charge is -2.10. The summed E-state index contributed by atoms with van der Waals surface area (Å²) in [7, 11) is 1.52. The number of ketones is 2. The van der Waals surface area contributed by atoms with Crippen LogP contribution in [0.25, 0.3) is 21.8 Å². The van der Waals surface area contributed by atoms with Gasteiger partial charge in [-0.25, -0.2) is 0 Å². The second-order valence-corrected chi connectivity index (χ2v) is 17.8. The van der Waals surface area contributed by atoms with Gasteiger partial charge in [-0.05, 0) is 127 Å². The number of carbonyl (C=O) groups is 4. The molecule has 10 nitrogen and oxygen atoms in total. The monoisotopic (exact) mass is 1050 g/mol. The van der Waals surface area contributed by atoms with E-state index in [9.17, 15) is 19.2 Å². The first-order chi connectivity index (χ1) is 32.1. The molecule has 67 heavy (non-hydrogen) atoms. The Balaban J connectivity index is 0.000000199. The van der Waals surface area contributed by atoms with Gasteiger partial charge in [-0.15, -0.1) is 0 Å². The summed E-state index contributed by atoms with van der Waals surface area (Å²) in [6.45, 7) is 2.84. The third-order valence-corrected chi connectivity index (χ3v) is 12.7. The van der Waals surface area contributed by atoms with Crippen LogP contribution in [0.2, 0.25) is 40.4 Å². The molecule has 0 fully saturated rings. The molecule has 0 radical (unpaired) electrons.